The van der Waals surface area contributed by atoms with Gasteiger partial charge in [-0.15, -0.1) is 0 Å². The van der Waals surface area contributed by atoms with Crippen molar-refractivity contribution >= 4 is 11.8 Å². The number of benzene rings is 1. The first-order chi connectivity index (χ1) is 12.9. The zero-order valence-corrected chi connectivity index (χ0v) is 15.4. The van der Waals surface area contributed by atoms with E-state index in [4.69, 9.17) is 4.74 Å². The Hall–Kier alpha value is -3.16. The molecule has 2 amide bonds. The molecular formula is C19H22N4O4. The fraction of sp³-hybridized carbons (Fsp3) is 0.368. The Morgan fingerprint density at radius 1 is 1.04 bits per heavy atom. The van der Waals surface area contributed by atoms with E-state index in [0.29, 0.717) is 31.9 Å². The molecule has 1 aliphatic heterocycles. The number of aromatic nitrogens is 2. The van der Waals surface area contributed by atoms with Crippen molar-refractivity contribution in [1.29, 1.82) is 0 Å². The molecule has 0 saturated carbocycles. The number of carbonyl (C=O) groups excluding carboxylic acids is 2. The van der Waals surface area contributed by atoms with Crippen LogP contribution in [0.2, 0.25) is 0 Å². The molecule has 1 fully saturated rings. The maximum absolute atomic E-state index is 12.4. The van der Waals surface area contributed by atoms with E-state index in [1.807, 2.05) is 32.0 Å². The molecule has 8 heteroatoms. The molecule has 2 aromatic rings. The Morgan fingerprint density at radius 2 is 1.74 bits per heavy atom. The van der Waals surface area contributed by atoms with E-state index in [-0.39, 0.29) is 29.7 Å². The van der Waals surface area contributed by atoms with E-state index >= 15 is 0 Å². The zero-order chi connectivity index (χ0) is 19.4. The van der Waals surface area contributed by atoms with Gasteiger partial charge >= 0.3 is 0 Å². The third kappa shape index (κ3) is 4.52. The van der Waals surface area contributed by atoms with Crippen molar-refractivity contribution < 1.29 is 14.3 Å². The minimum absolute atomic E-state index is 0.0298. The molecule has 1 aromatic carbocycles. The fourth-order valence-corrected chi connectivity index (χ4v) is 2.82. The number of aromatic amines is 1. The first kappa shape index (κ1) is 18.6. The molecule has 1 aliphatic rings. The van der Waals surface area contributed by atoms with Crippen LogP contribution in [0.5, 0.6) is 5.75 Å². The molecular weight excluding hydrogens is 348 g/mol. The van der Waals surface area contributed by atoms with Gasteiger partial charge in [-0.2, -0.15) is 5.10 Å². The highest BCUT2D eigenvalue weighted by atomic mass is 16.5. The highest BCUT2D eigenvalue weighted by Gasteiger charge is 2.25. The van der Waals surface area contributed by atoms with Crippen molar-refractivity contribution in [3.63, 3.8) is 0 Å². The lowest BCUT2D eigenvalue weighted by Crippen LogP contribution is -2.51. The third-order valence-corrected chi connectivity index (χ3v) is 4.66. The number of hydrogen-bond acceptors (Lipinski definition) is 5. The van der Waals surface area contributed by atoms with E-state index in [1.54, 1.807) is 9.80 Å². The van der Waals surface area contributed by atoms with Crippen molar-refractivity contribution in [2.75, 3.05) is 32.8 Å². The summed E-state index contributed by atoms with van der Waals surface area (Å²) in [6.07, 6.45) is 0. The molecule has 1 N–H and O–H groups in total. The molecule has 0 atom stereocenters. The maximum Gasteiger partial charge on any atom is 0.274 e. The topological polar surface area (TPSA) is 95.6 Å². The quantitative estimate of drug-likeness (QED) is 0.857. The summed E-state index contributed by atoms with van der Waals surface area (Å²) in [7, 11) is 0. The van der Waals surface area contributed by atoms with Gasteiger partial charge in [-0.25, -0.2) is 5.10 Å². The summed E-state index contributed by atoms with van der Waals surface area (Å²) >= 11 is 0. The molecule has 1 aromatic heterocycles. The van der Waals surface area contributed by atoms with Crippen LogP contribution in [0.4, 0.5) is 0 Å². The number of ether oxygens (including phenoxy) is 1. The van der Waals surface area contributed by atoms with Crippen LogP contribution < -0.4 is 10.3 Å². The lowest BCUT2D eigenvalue weighted by Gasteiger charge is -2.34. The minimum atomic E-state index is -0.356. The number of piperazine rings is 1. The van der Waals surface area contributed by atoms with Crippen LogP contribution in [0.15, 0.2) is 35.1 Å². The van der Waals surface area contributed by atoms with Gasteiger partial charge in [-0.3, -0.25) is 14.4 Å². The third-order valence-electron chi connectivity index (χ3n) is 4.66. The van der Waals surface area contributed by atoms with Crippen LogP contribution in [-0.4, -0.2) is 64.6 Å². The lowest BCUT2D eigenvalue weighted by molar-refractivity contribution is -0.134. The smallest absolute Gasteiger partial charge is 0.274 e. The van der Waals surface area contributed by atoms with Gasteiger partial charge in [0.05, 0.1) is 0 Å². The van der Waals surface area contributed by atoms with Gasteiger partial charge in [-0.1, -0.05) is 6.07 Å². The molecule has 2 heterocycles. The molecule has 0 bridgehead atoms. The fourth-order valence-electron chi connectivity index (χ4n) is 2.82. The van der Waals surface area contributed by atoms with Crippen LogP contribution in [0, 0.1) is 13.8 Å². The number of hydrogen-bond donors (Lipinski definition) is 1. The van der Waals surface area contributed by atoms with Crippen molar-refractivity contribution in [3.05, 3.63) is 57.5 Å². The minimum Gasteiger partial charge on any atom is -0.484 e. The largest absolute Gasteiger partial charge is 0.484 e. The Morgan fingerprint density at radius 3 is 2.37 bits per heavy atom. The second-order valence-corrected chi connectivity index (χ2v) is 6.51. The molecule has 0 radical (unpaired) electrons. The number of carbonyl (C=O) groups is 2. The average molecular weight is 370 g/mol. The molecule has 142 valence electrons. The predicted molar refractivity (Wildman–Crippen MR) is 98.8 cm³/mol. The summed E-state index contributed by atoms with van der Waals surface area (Å²) in [5.41, 5.74) is 2.12. The van der Waals surface area contributed by atoms with Crippen LogP contribution in [-0.2, 0) is 4.79 Å². The number of nitrogens with one attached hydrogen (secondary N) is 1. The van der Waals surface area contributed by atoms with Crippen molar-refractivity contribution in [2.45, 2.75) is 13.8 Å². The highest BCUT2D eigenvalue weighted by Crippen LogP contribution is 2.16. The van der Waals surface area contributed by atoms with Gasteiger partial charge in [0.25, 0.3) is 17.4 Å². The molecule has 0 spiro atoms. The van der Waals surface area contributed by atoms with Gasteiger partial charge in [-0.05, 0) is 43.2 Å². The molecule has 0 aliphatic carbocycles. The summed E-state index contributed by atoms with van der Waals surface area (Å²) in [5.74, 6) is 0.302. The van der Waals surface area contributed by atoms with Crippen LogP contribution >= 0.6 is 0 Å². The first-order valence-corrected chi connectivity index (χ1v) is 8.77. The van der Waals surface area contributed by atoms with Gasteiger partial charge in [0.1, 0.15) is 11.4 Å². The van der Waals surface area contributed by atoms with Crippen LogP contribution in [0.3, 0.4) is 0 Å². The van der Waals surface area contributed by atoms with E-state index in [1.165, 1.54) is 17.7 Å². The maximum atomic E-state index is 12.4. The zero-order valence-electron chi connectivity index (χ0n) is 15.4. The summed E-state index contributed by atoms with van der Waals surface area (Å²) in [4.78, 5) is 39.1. The van der Waals surface area contributed by atoms with E-state index in [9.17, 15) is 14.4 Å². The summed E-state index contributed by atoms with van der Waals surface area (Å²) in [6.45, 7) is 5.68. The Bertz CT molecular complexity index is 880. The summed E-state index contributed by atoms with van der Waals surface area (Å²) in [5, 5.41) is 6.01. The summed E-state index contributed by atoms with van der Waals surface area (Å²) in [6, 6.07) is 8.39. The number of amides is 2. The molecule has 8 nitrogen and oxygen atoms in total. The number of H-pyrrole nitrogens is 1. The van der Waals surface area contributed by atoms with Gasteiger partial charge in [0, 0.05) is 32.2 Å². The van der Waals surface area contributed by atoms with Gasteiger partial charge in [0.15, 0.2) is 6.61 Å². The molecule has 0 unspecified atom stereocenters. The predicted octanol–water partition coefficient (Wildman–Crippen LogP) is 0.750. The van der Waals surface area contributed by atoms with Gasteiger partial charge < -0.3 is 14.5 Å². The average Bonchev–Trinajstić information content (AvgIpc) is 2.69. The number of nitrogens with zero attached hydrogens (tertiary/aromatic N) is 3. The van der Waals surface area contributed by atoms with Crippen LogP contribution in [0.1, 0.15) is 21.6 Å². The Balaban J connectivity index is 1.50. The monoisotopic (exact) mass is 370 g/mol. The second-order valence-electron chi connectivity index (χ2n) is 6.51. The number of rotatable bonds is 4. The lowest BCUT2D eigenvalue weighted by atomic mass is 10.1. The second kappa shape index (κ2) is 8.03. The number of aryl methyl sites for hydroxylation is 2. The Labute approximate surface area is 156 Å². The van der Waals surface area contributed by atoms with E-state index < -0.39 is 0 Å². The van der Waals surface area contributed by atoms with E-state index in [0.717, 1.165) is 5.56 Å². The normalized spacial score (nSPS) is 14.1. The van der Waals surface area contributed by atoms with Gasteiger partial charge in [0.2, 0.25) is 0 Å². The first-order valence-electron chi connectivity index (χ1n) is 8.77. The van der Waals surface area contributed by atoms with Crippen molar-refractivity contribution in [1.82, 2.24) is 20.0 Å². The standard InChI is InChI=1S/C19H22N4O4/c1-13-3-4-15(11-14(13)2)27-12-18(25)22-7-9-23(10-8-22)19(26)16-5-6-17(24)21-20-16/h3-6,11H,7-10,12H2,1-2H3,(H,21,24). The molecule has 3 rings (SSSR count). The molecule has 1 saturated heterocycles. The van der Waals surface area contributed by atoms with Crippen molar-refractivity contribution in [3.8, 4) is 5.75 Å². The van der Waals surface area contributed by atoms with E-state index in [2.05, 4.69) is 10.2 Å². The highest BCUT2D eigenvalue weighted by molar-refractivity contribution is 5.92. The molecule has 27 heavy (non-hydrogen) atoms. The van der Waals surface area contributed by atoms with Crippen LogP contribution in [0.25, 0.3) is 0 Å². The van der Waals surface area contributed by atoms with Crippen molar-refractivity contribution in [2.24, 2.45) is 0 Å². The summed E-state index contributed by atoms with van der Waals surface area (Å²) < 4.78 is 5.60. The SMILES string of the molecule is Cc1ccc(OCC(=O)N2CCN(C(=O)c3ccc(=O)[nH]n3)CC2)cc1C. The Kier molecular flexibility index (Phi) is 5.54.